The molecule has 0 aromatic heterocycles. The van der Waals surface area contributed by atoms with E-state index in [0.29, 0.717) is 13.2 Å². The van der Waals surface area contributed by atoms with Gasteiger partial charge in [-0.3, -0.25) is 4.79 Å². The summed E-state index contributed by atoms with van der Waals surface area (Å²) in [4.78, 5) is 15.1. The zero-order chi connectivity index (χ0) is 19.8. The number of hydrogen-bond donors (Lipinski definition) is 0. The lowest BCUT2D eigenvalue weighted by Crippen LogP contribution is -2.47. The molecule has 0 saturated carbocycles. The van der Waals surface area contributed by atoms with Gasteiger partial charge in [-0.25, -0.2) is 0 Å². The first-order chi connectivity index (χ1) is 13.7. The van der Waals surface area contributed by atoms with E-state index in [9.17, 15) is 4.79 Å². The summed E-state index contributed by atoms with van der Waals surface area (Å²) in [6, 6.07) is 5.96. The van der Waals surface area contributed by atoms with Crippen molar-refractivity contribution in [2.24, 2.45) is 0 Å². The van der Waals surface area contributed by atoms with Gasteiger partial charge in [0.15, 0.2) is 0 Å². The molecule has 5 heteroatoms. The molecule has 1 fully saturated rings. The number of benzene rings is 1. The number of nitrogens with zero attached hydrogens (tertiary/aromatic N) is 1. The highest BCUT2D eigenvalue weighted by Gasteiger charge is 2.54. The van der Waals surface area contributed by atoms with Crippen molar-refractivity contribution < 1.29 is 14.3 Å². The first-order valence-electron chi connectivity index (χ1n) is 11.1. The molecule has 0 atom stereocenters. The summed E-state index contributed by atoms with van der Waals surface area (Å²) in [6.07, 6.45) is 13.7. The number of fused-ring (bicyclic) bond motifs is 2. The number of ether oxygens (including phenoxy) is 2. The number of hydrogen-bond acceptors (Lipinski definition) is 3. The third-order valence-electron chi connectivity index (χ3n) is 5.77. The predicted octanol–water partition coefficient (Wildman–Crippen LogP) is 6.31. The van der Waals surface area contributed by atoms with Crippen LogP contribution < -0.4 is 4.90 Å². The van der Waals surface area contributed by atoms with Crippen molar-refractivity contribution >= 4 is 27.5 Å². The quantitative estimate of drug-likeness (QED) is 0.370. The SMILES string of the molecule is CCCCCCCCCCCCN1C(=O)C2(OCCCO2)c2cc(Br)ccc21. The Morgan fingerprint density at radius 1 is 0.964 bits per heavy atom. The average molecular weight is 452 g/mol. The number of rotatable bonds is 11. The van der Waals surface area contributed by atoms with Crippen molar-refractivity contribution in [3.05, 3.63) is 28.2 Å². The fourth-order valence-corrected chi connectivity index (χ4v) is 4.56. The number of unbranched alkanes of at least 4 members (excludes halogenated alkanes) is 9. The monoisotopic (exact) mass is 451 g/mol. The van der Waals surface area contributed by atoms with Crippen molar-refractivity contribution in [2.75, 3.05) is 24.7 Å². The Kier molecular flexibility index (Phi) is 8.36. The van der Waals surface area contributed by atoms with Gasteiger partial charge in [0.05, 0.1) is 18.9 Å². The van der Waals surface area contributed by atoms with E-state index >= 15 is 0 Å². The van der Waals surface area contributed by atoms with Crippen molar-refractivity contribution in [2.45, 2.75) is 83.3 Å². The van der Waals surface area contributed by atoms with Crippen LogP contribution in [0.2, 0.25) is 0 Å². The van der Waals surface area contributed by atoms with Crippen LogP contribution >= 0.6 is 15.9 Å². The van der Waals surface area contributed by atoms with Crippen LogP contribution in [0, 0.1) is 0 Å². The second kappa shape index (κ2) is 10.7. The van der Waals surface area contributed by atoms with Crippen molar-refractivity contribution in [1.82, 2.24) is 0 Å². The smallest absolute Gasteiger partial charge is 0.292 e. The van der Waals surface area contributed by atoms with Gasteiger partial charge < -0.3 is 14.4 Å². The zero-order valence-electron chi connectivity index (χ0n) is 17.2. The maximum absolute atomic E-state index is 13.2. The minimum atomic E-state index is -1.23. The van der Waals surface area contributed by atoms with Crippen molar-refractivity contribution in [3.63, 3.8) is 0 Å². The van der Waals surface area contributed by atoms with E-state index in [0.717, 1.165) is 35.1 Å². The molecule has 2 aliphatic heterocycles. The van der Waals surface area contributed by atoms with Gasteiger partial charge in [-0.05, 0) is 31.0 Å². The number of anilines is 1. The maximum atomic E-state index is 13.2. The van der Waals surface area contributed by atoms with Gasteiger partial charge in [0.25, 0.3) is 11.7 Å². The Morgan fingerprint density at radius 3 is 2.21 bits per heavy atom. The molecule has 0 unspecified atom stereocenters. The number of halogens is 1. The second-order valence-electron chi connectivity index (χ2n) is 7.97. The summed E-state index contributed by atoms with van der Waals surface area (Å²) >= 11 is 3.52. The minimum absolute atomic E-state index is 0.0591. The molecule has 0 radical (unpaired) electrons. The summed E-state index contributed by atoms with van der Waals surface area (Å²) in [5, 5.41) is 0. The average Bonchev–Trinajstić information content (AvgIpc) is 2.92. The summed E-state index contributed by atoms with van der Waals surface area (Å²) < 4.78 is 12.8. The van der Waals surface area contributed by atoms with E-state index in [1.165, 1.54) is 57.8 Å². The summed E-state index contributed by atoms with van der Waals surface area (Å²) in [6.45, 7) is 4.11. The topological polar surface area (TPSA) is 38.8 Å². The molecule has 0 aliphatic carbocycles. The lowest BCUT2D eigenvalue weighted by Gasteiger charge is -2.32. The first kappa shape index (κ1) is 21.8. The van der Waals surface area contributed by atoms with E-state index < -0.39 is 5.79 Å². The van der Waals surface area contributed by atoms with E-state index in [1.807, 2.05) is 23.1 Å². The standard InChI is InChI=1S/C23H34BrNO3/c1-2-3-4-5-6-7-8-9-10-11-15-25-21-14-13-19(24)18-20(21)23(22(25)26)27-16-12-17-28-23/h13-14,18H,2-12,15-17H2,1H3. The molecule has 1 spiro atoms. The number of carbonyl (C=O) groups is 1. The minimum Gasteiger partial charge on any atom is -0.338 e. The van der Waals surface area contributed by atoms with Crippen LogP contribution in [0.4, 0.5) is 5.69 Å². The number of carbonyl (C=O) groups excluding carboxylic acids is 1. The van der Waals surface area contributed by atoms with Gasteiger partial charge in [0, 0.05) is 16.6 Å². The van der Waals surface area contributed by atoms with E-state index in [4.69, 9.17) is 9.47 Å². The van der Waals surface area contributed by atoms with Gasteiger partial charge in [0.2, 0.25) is 0 Å². The molecule has 1 saturated heterocycles. The molecule has 3 rings (SSSR count). The van der Waals surface area contributed by atoms with Gasteiger partial charge in [0.1, 0.15) is 0 Å². The Bertz CT molecular complexity index is 643. The Balaban J connectivity index is 1.48. The molecule has 1 aromatic carbocycles. The molecule has 0 N–H and O–H groups in total. The fraction of sp³-hybridized carbons (Fsp3) is 0.696. The van der Waals surface area contributed by atoms with Crippen LogP contribution in [-0.2, 0) is 20.1 Å². The van der Waals surface area contributed by atoms with Crippen LogP contribution in [0.1, 0.15) is 83.1 Å². The van der Waals surface area contributed by atoms with Gasteiger partial charge >= 0.3 is 0 Å². The van der Waals surface area contributed by atoms with Crippen LogP contribution in [0.15, 0.2) is 22.7 Å². The largest absolute Gasteiger partial charge is 0.338 e. The van der Waals surface area contributed by atoms with Gasteiger partial charge in [-0.15, -0.1) is 0 Å². The molecule has 4 nitrogen and oxygen atoms in total. The molecule has 28 heavy (non-hydrogen) atoms. The normalized spacial score (nSPS) is 18.1. The molecule has 156 valence electrons. The summed E-state index contributed by atoms with van der Waals surface area (Å²) in [5.41, 5.74) is 1.78. The molecular weight excluding hydrogens is 418 g/mol. The highest BCUT2D eigenvalue weighted by atomic mass is 79.9. The molecular formula is C23H34BrNO3. The lowest BCUT2D eigenvalue weighted by molar-refractivity contribution is -0.256. The second-order valence-corrected chi connectivity index (χ2v) is 8.88. The molecule has 1 amide bonds. The fourth-order valence-electron chi connectivity index (χ4n) is 4.20. The van der Waals surface area contributed by atoms with Gasteiger partial charge in [-0.2, -0.15) is 0 Å². The Morgan fingerprint density at radius 2 is 1.57 bits per heavy atom. The van der Waals surface area contributed by atoms with E-state index in [2.05, 4.69) is 22.9 Å². The van der Waals surface area contributed by atoms with Crippen LogP contribution in [0.25, 0.3) is 0 Å². The van der Waals surface area contributed by atoms with Crippen molar-refractivity contribution in [1.29, 1.82) is 0 Å². The highest BCUT2D eigenvalue weighted by Crippen LogP contribution is 2.46. The Hall–Kier alpha value is -0.910. The van der Waals surface area contributed by atoms with E-state index in [-0.39, 0.29) is 5.91 Å². The molecule has 2 aliphatic rings. The third-order valence-corrected chi connectivity index (χ3v) is 6.26. The van der Waals surface area contributed by atoms with Crippen LogP contribution in [0.3, 0.4) is 0 Å². The summed E-state index contributed by atoms with van der Waals surface area (Å²) in [5.74, 6) is -1.29. The van der Waals surface area contributed by atoms with E-state index in [1.54, 1.807) is 0 Å². The van der Waals surface area contributed by atoms with Gasteiger partial charge in [-0.1, -0.05) is 80.6 Å². The Labute approximate surface area is 178 Å². The van der Waals surface area contributed by atoms with Crippen LogP contribution in [-0.4, -0.2) is 25.7 Å². The highest BCUT2D eigenvalue weighted by molar-refractivity contribution is 9.10. The third kappa shape index (κ3) is 4.98. The summed E-state index contributed by atoms with van der Waals surface area (Å²) in [7, 11) is 0. The molecule has 2 heterocycles. The predicted molar refractivity (Wildman–Crippen MR) is 117 cm³/mol. The first-order valence-corrected chi connectivity index (χ1v) is 11.9. The molecule has 1 aromatic rings. The maximum Gasteiger partial charge on any atom is 0.292 e. The lowest BCUT2D eigenvalue weighted by atomic mass is 10.1. The van der Waals surface area contributed by atoms with Crippen molar-refractivity contribution in [3.8, 4) is 0 Å². The van der Waals surface area contributed by atoms with Crippen LogP contribution in [0.5, 0.6) is 0 Å². The molecule has 0 bridgehead atoms. The number of amides is 1. The zero-order valence-corrected chi connectivity index (χ0v) is 18.8.